The van der Waals surface area contributed by atoms with Gasteiger partial charge in [-0.15, -0.1) is 0 Å². The van der Waals surface area contributed by atoms with Crippen LogP contribution in [0.3, 0.4) is 0 Å². The van der Waals surface area contributed by atoms with Crippen LogP contribution in [-0.2, 0) is 6.42 Å². The minimum absolute atomic E-state index is 0.0894. The molecule has 0 bridgehead atoms. The van der Waals surface area contributed by atoms with Crippen LogP contribution >= 0.6 is 23.2 Å². The molecule has 1 aliphatic rings. The molecule has 0 radical (unpaired) electrons. The van der Waals surface area contributed by atoms with Crippen LogP contribution < -0.4 is 0 Å². The highest BCUT2D eigenvalue weighted by Gasteiger charge is 2.28. The lowest BCUT2D eigenvalue weighted by molar-refractivity contribution is 0.150. The van der Waals surface area contributed by atoms with Gasteiger partial charge in [-0.3, -0.25) is 0 Å². The number of rotatable bonds is 5. The van der Waals surface area contributed by atoms with Gasteiger partial charge in [0.1, 0.15) is 11.0 Å². The molecule has 1 aromatic heterocycles. The van der Waals surface area contributed by atoms with Crippen LogP contribution in [0.25, 0.3) is 11.3 Å². The zero-order chi connectivity index (χ0) is 18.8. The summed E-state index contributed by atoms with van der Waals surface area (Å²) in [5.74, 6) is 0.00617. The molecule has 0 aliphatic carbocycles. The largest absolute Gasteiger partial charge is 0.302 e. The molecule has 2 heterocycles. The van der Waals surface area contributed by atoms with E-state index in [9.17, 15) is 4.39 Å². The normalized spacial score (nSPS) is 14.9. The summed E-state index contributed by atoms with van der Waals surface area (Å²) in [5.41, 5.74) is 4.03. The molecular weight excluding hydrogens is 382 g/mol. The van der Waals surface area contributed by atoms with Gasteiger partial charge in [0.05, 0.1) is 10.7 Å². The molecule has 1 fully saturated rings. The van der Waals surface area contributed by atoms with E-state index in [0.717, 1.165) is 37.3 Å². The molecule has 2 aromatic carbocycles. The molecule has 0 spiro atoms. The van der Waals surface area contributed by atoms with Gasteiger partial charge in [0, 0.05) is 31.1 Å². The minimum atomic E-state index is -0.435. The van der Waals surface area contributed by atoms with Gasteiger partial charge in [0.25, 0.3) is 0 Å². The summed E-state index contributed by atoms with van der Waals surface area (Å²) in [5, 5.41) is 0.539. The Morgan fingerprint density at radius 3 is 2.52 bits per heavy atom. The molecule has 5 heteroatoms. The zero-order valence-corrected chi connectivity index (χ0v) is 16.2. The lowest BCUT2D eigenvalue weighted by atomic mass is 9.90. The highest BCUT2D eigenvalue weighted by Crippen LogP contribution is 2.32. The molecule has 0 amide bonds. The minimum Gasteiger partial charge on any atom is -0.302 e. The van der Waals surface area contributed by atoms with E-state index in [1.807, 2.05) is 18.2 Å². The molecule has 1 aliphatic heterocycles. The first-order valence-corrected chi connectivity index (χ1v) is 9.73. The fraction of sp³-hybridized carbons (Fsp3) is 0.227. The van der Waals surface area contributed by atoms with Gasteiger partial charge in [-0.05, 0) is 47.9 Å². The second-order valence-electron chi connectivity index (χ2n) is 6.93. The van der Waals surface area contributed by atoms with Crippen molar-refractivity contribution in [1.82, 2.24) is 9.88 Å². The van der Waals surface area contributed by atoms with Crippen molar-refractivity contribution >= 4 is 23.2 Å². The Morgan fingerprint density at radius 1 is 1.00 bits per heavy atom. The standard InChI is InChI=1S/C22H19Cl2FN2/c23-19-10-16(6-7-20(19)25)21-11-17(12-22(24)26-21)18-13-27(14-18)9-8-15-4-2-1-3-5-15/h1-7,10-12,18H,8-9,13-14H2. The number of nitrogens with zero attached hydrogens (tertiary/aromatic N) is 2. The fourth-order valence-corrected chi connectivity index (χ4v) is 3.85. The van der Waals surface area contributed by atoms with Crippen LogP contribution in [-0.4, -0.2) is 29.5 Å². The van der Waals surface area contributed by atoms with E-state index >= 15 is 0 Å². The number of likely N-dealkylation sites (tertiary alicyclic amines) is 1. The fourth-order valence-electron chi connectivity index (χ4n) is 3.45. The van der Waals surface area contributed by atoms with Crippen molar-refractivity contribution in [2.75, 3.05) is 19.6 Å². The van der Waals surface area contributed by atoms with Gasteiger partial charge in [-0.1, -0.05) is 53.5 Å². The average molecular weight is 401 g/mol. The van der Waals surface area contributed by atoms with E-state index in [1.54, 1.807) is 12.1 Å². The first kappa shape index (κ1) is 18.4. The van der Waals surface area contributed by atoms with E-state index in [-0.39, 0.29) is 5.02 Å². The van der Waals surface area contributed by atoms with Gasteiger partial charge in [0.2, 0.25) is 0 Å². The summed E-state index contributed by atoms with van der Waals surface area (Å²) >= 11 is 12.1. The monoisotopic (exact) mass is 400 g/mol. The topological polar surface area (TPSA) is 16.1 Å². The summed E-state index contributed by atoms with van der Waals surface area (Å²) in [6, 6.07) is 19.1. The smallest absolute Gasteiger partial charge is 0.141 e. The Kier molecular flexibility index (Phi) is 5.44. The summed E-state index contributed by atoms with van der Waals surface area (Å²) in [6.45, 7) is 3.08. The molecule has 0 atom stereocenters. The van der Waals surface area contributed by atoms with Crippen molar-refractivity contribution < 1.29 is 4.39 Å². The summed E-state index contributed by atoms with van der Waals surface area (Å²) in [6.07, 6.45) is 1.06. The molecular formula is C22H19Cl2FN2. The number of hydrogen-bond donors (Lipinski definition) is 0. The van der Waals surface area contributed by atoms with Crippen LogP contribution in [0, 0.1) is 5.82 Å². The van der Waals surface area contributed by atoms with E-state index in [4.69, 9.17) is 23.2 Å². The first-order chi connectivity index (χ1) is 13.1. The van der Waals surface area contributed by atoms with Crippen molar-refractivity contribution in [2.45, 2.75) is 12.3 Å². The van der Waals surface area contributed by atoms with Crippen molar-refractivity contribution in [3.63, 3.8) is 0 Å². The highest BCUT2D eigenvalue weighted by molar-refractivity contribution is 6.31. The Balaban J connectivity index is 1.43. The lowest BCUT2D eigenvalue weighted by Gasteiger charge is -2.39. The second-order valence-corrected chi connectivity index (χ2v) is 7.72. The SMILES string of the molecule is Fc1ccc(-c2cc(C3CN(CCc4ccccc4)C3)cc(Cl)n2)cc1Cl. The van der Waals surface area contributed by atoms with Gasteiger partial charge < -0.3 is 4.90 Å². The third-order valence-corrected chi connectivity index (χ3v) is 5.50. The summed E-state index contributed by atoms with van der Waals surface area (Å²) < 4.78 is 13.4. The molecule has 3 aromatic rings. The van der Waals surface area contributed by atoms with E-state index in [0.29, 0.717) is 11.1 Å². The van der Waals surface area contributed by atoms with Crippen LogP contribution in [0.4, 0.5) is 4.39 Å². The number of pyridine rings is 1. The maximum atomic E-state index is 13.4. The maximum absolute atomic E-state index is 13.4. The van der Waals surface area contributed by atoms with Gasteiger partial charge in [0.15, 0.2) is 0 Å². The number of halogens is 3. The van der Waals surface area contributed by atoms with Crippen LogP contribution in [0.2, 0.25) is 10.2 Å². The van der Waals surface area contributed by atoms with Crippen LogP contribution in [0.15, 0.2) is 60.7 Å². The Hall–Kier alpha value is -1.94. The third kappa shape index (κ3) is 4.32. The van der Waals surface area contributed by atoms with E-state index < -0.39 is 5.82 Å². The lowest BCUT2D eigenvalue weighted by Crippen LogP contribution is -2.45. The van der Waals surface area contributed by atoms with Gasteiger partial charge in [-0.25, -0.2) is 9.37 Å². The Labute approximate surface area is 168 Å². The number of benzene rings is 2. The van der Waals surface area contributed by atoms with Crippen molar-refractivity contribution in [3.05, 3.63) is 87.8 Å². The van der Waals surface area contributed by atoms with Crippen LogP contribution in [0.5, 0.6) is 0 Å². The Bertz CT molecular complexity index is 940. The maximum Gasteiger partial charge on any atom is 0.141 e. The molecule has 1 saturated heterocycles. The second kappa shape index (κ2) is 7.97. The van der Waals surface area contributed by atoms with Crippen molar-refractivity contribution in [2.24, 2.45) is 0 Å². The molecule has 138 valence electrons. The number of aromatic nitrogens is 1. The molecule has 27 heavy (non-hydrogen) atoms. The third-order valence-electron chi connectivity index (χ3n) is 5.02. The van der Waals surface area contributed by atoms with Gasteiger partial charge >= 0.3 is 0 Å². The van der Waals surface area contributed by atoms with Crippen LogP contribution in [0.1, 0.15) is 17.0 Å². The quantitative estimate of drug-likeness (QED) is 0.500. The molecule has 0 N–H and O–H groups in total. The zero-order valence-electron chi connectivity index (χ0n) is 14.7. The molecule has 0 saturated carbocycles. The summed E-state index contributed by atoms with van der Waals surface area (Å²) in [4.78, 5) is 6.83. The predicted octanol–water partition coefficient (Wildman–Crippen LogP) is 5.84. The molecule has 0 unspecified atom stereocenters. The molecule has 4 rings (SSSR count). The van der Waals surface area contributed by atoms with E-state index in [1.165, 1.54) is 17.2 Å². The summed E-state index contributed by atoms with van der Waals surface area (Å²) in [7, 11) is 0. The van der Waals surface area contributed by atoms with Crippen molar-refractivity contribution in [3.8, 4) is 11.3 Å². The Morgan fingerprint density at radius 2 is 1.78 bits per heavy atom. The molecule has 2 nitrogen and oxygen atoms in total. The van der Waals surface area contributed by atoms with Crippen molar-refractivity contribution in [1.29, 1.82) is 0 Å². The average Bonchev–Trinajstić information content (AvgIpc) is 2.63. The van der Waals surface area contributed by atoms with Gasteiger partial charge in [-0.2, -0.15) is 0 Å². The number of hydrogen-bond acceptors (Lipinski definition) is 2. The highest BCUT2D eigenvalue weighted by atomic mass is 35.5. The van der Waals surface area contributed by atoms with E-state index in [2.05, 4.69) is 34.1 Å². The predicted molar refractivity (Wildman–Crippen MR) is 109 cm³/mol. The first-order valence-electron chi connectivity index (χ1n) is 8.97.